The molecule has 20 heavy (non-hydrogen) atoms. The van der Waals surface area contributed by atoms with Crippen LogP contribution in [0.15, 0.2) is 16.8 Å². The van der Waals surface area contributed by atoms with Gasteiger partial charge in [0, 0.05) is 20.2 Å². The van der Waals surface area contributed by atoms with Crippen LogP contribution in [0.5, 0.6) is 0 Å². The van der Waals surface area contributed by atoms with Crippen LogP contribution in [0, 0.1) is 5.41 Å². The third-order valence-corrected chi connectivity index (χ3v) is 4.47. The summed E-state index contributed by atoms with van der Waals surface area (Å²) in [5, 5.41) is 13.3. The first-order valence-electron chi connectivity index (χ1n) is 6.58. The molecule has 1 aliphatic heterocycles. The second-order valence-corrected chi connectivity index (χ2v) is 6.03. The summed E-state index contributed by atoms with van der Waals surface area (Å²) in [4.78, 5) is 25.5. The van der Waals surface area contributed by atoms with Gasteiger partial charge < -0.3 is 14.7 Å². The molecule has 0 saturated carbocycles. The third kappa shape index (κ3) is 3.19. The fourth-order valence-electron chi connectivity index (χ4n) is 2.65. The highest BCUT2D eigenvalue weighted by molar-refractivity contribution is 7.07. The van der Waals surface area contributed by atoms with E-state index in [9.17, 15) is 14.7 Å². The number of methoxy groups -OCH3 is 1. The van der Waals surface area contributed by atoms with Gasteiger partial charge in [0.1, 0.15) is 5.41 Å². The lowest BCUT2D eigenvalue weighted by molar-refractivity contribution is -0.159. The molecule has 0 radical (unpaired) electrons. The summed E-state index contributed by atoms with van der Waals surface area (Å²) in [7, 11) is 1.50. The zero-order valence-corrected chi connectivity index (χ0v) is 12.3. The van der Waals surface area contributed by atoms with Crippen molar-refractivity contribution in [3.8, 4) is 0 Å². The van der Waals surface area contributed by atoms with Crippen molar-refractivity contribution in [1.82, 2.24) is 4.90 Å². The summed E-state index contributed by atoms with van der Waals surface area (Å²) in [6.07, 6.45) is 1.59. The smallest absolute Gasteiger partial charge is 0.313 e. The average molecular weight is 297 g/mol. The quantitative estimate of drug-likeness (QED) is 0.897. The van der Waals surface area contributed by atoms with Crippen molar-refractivity contribution in [2.75, 3.05) is 26.8 Å². The number of thiophene rings is 1. The first-order chi connectivity index (χ1) is 9.57. The van der Waals surface area contributed by atoms with Gasteiger partial charge in [0.05, 0.1) is 13.0 Å². The third-order valence-electron chi connectivity index (χ3n) is 3.74. The van der Waals surface area contributed by atoms with Gasteiger partial charge in [0.25, 0.3) is 0 Å². The Morgan fingerprint density at radius 2 is 2.35 bits per heavy atom. The molecule has 110 valence electrons. The van der Waals surface area contributed by atoms with Gasteiger partial charge in [-0.1, -0.05) is 0 Å². The molecule has 1 aliphatic rings. The molecule has 1 amide bonds. The van der Waals surface area contributed by atoms with Gasteiger partial charge in [0.2, 0.25) is 5.91 Å². The Morgan fingerprint density at radius 3 is 2.95 bits per heavy atom. The predicted molar refractivity (Wildman–Crippen MR) is 75.8 cm³/mol. The van der Waals surface area contributed by atoms with Crippen molar-refractivity contribution in [1.29, 1.82) is 0 Å². The van der Waals surface area contributed by atoms with Crippen LogP contribution in [-0.4, -0.2) is 48.7 Å². The Hall–Kier alpha value is -1.40. The van der Waals surface area contributed by atoms with E-state index in [0.717, 1.165) is 5.56 Å². The van der Waals surface area contributed by atoms with Crippen LogP contribution in [0.3, 0.4) is 0 Å². The molecular weight excluding hydrogens is 278 g/mol. The number of hydrogen-bond donors (Lipinski definition) is 1. The van der Waals surface area contributed by atoms with Crippen molar-refractivity contribution in [3.05, 3.63) is 22.4 Å². The van der Waals surface area contributed by atoms with E-state index in [2.05, 4.69) is 0 Å². The predicted octanol–water partition coefficient (Wildman–Crippen LogP) is 1.63. The van der Waals surface area contributed by atoms with Gasteiger partial charge in [-0.05, 0) is 35.2 Å². The van der Waals surface area contributed by atoms with Crippen LogP contribution in [0.2, 0.25) is 0 Å². The number of hydrogen-bond acceptors (Lipinski definition) is 4. The van der Waals surface area contributed by atoms with Crippen LogP contribution in [0.1, 0.15) is 18.4 Å². The van der Waals surface area contributed by atoms with Crippen LogP contribution in [-0.2, 0) is 20.7 Å². The number of carbonyl (C=O) groups is 2. The SMILES string of the molecule is COCC1(C(=O)O)CCCN(C(=O)Cc2ccsc2)C1. The summed E-state index contributed by atoms with van der Waals surface area (Å²) in [5.74, 6) is -0.891. The lowest BCUT2D eigenvalue weighted by Crippen LogP contribution is -2.52. The average Bonchev–Trinajstić information content (AvgIpc) is 2.92. The maximum absolute atomic E-state index is 12.3. The monoisotopic (exact) mass is 297 g/mol. The molecular formula is C14H19NO4S. The molecule has 0 aliphatic carbocycles. The van der Waals surface area contributed by atoms with Crippen molar-refractivity contribution in [2.24, 2.45) is 5.41 Å². The molecule has 2 heterocycles. The van der Waals surface area contributed by atoms with Crippen LogP contribution >= 0.6 is 11.3 Å². The number of aliphatic carboxylic acids is 1. The molecule has 1 aromatic rings. The van der Waals surface area contributed by atoms with E-state index in [1.54, 1.807) is 16.2 Å². The van der Waals surface area contributed by atoms with Crippen molar-refractivity contribution in [2.45, 2.75) is 19.3 Å². The summed E-state index contributed by atoms with van der Waals surface area (Å²) >= 11 is 1.56. The fraction of sp³-hybridized carbons (Fsp3) is 0.571. The minimum absolute atomic E-state index is 0.00942. The van der Waals surface area contributed by atoms with E-state index in [4.69, 9.17) is 4.74 Å². The Morgan fingerprint density at radius 1 is 1.55 bits per heavy atom. The van der Waals surface area contributed by atoms with Gasteiger partial charge in [-0.15, -0.1) is 0 Å². The van der Waals surface area contributed by atoms with Gasteiger partial charge in [0.15, 0.2) is 0 Å². The molecule has 5 nitrogen and oxygen atoms in total. The van der Waals surface area contributed by atoms with E-state index < -0.39 is 11.4 Å². The van der Waals surface area contributed by atoms with Crippen molar-refractivity contribution < 1.29 is 19.4 Å². The number of carboxylic acids is 1. The van der Waals surface area contributed by atoms with E-state index in [1.165, 1.54) is 7.11 Å². The molecule has 0 spiro atoms. The van der Waals surface area contributed by atoms with Crippen LogP contribution in [0.4, 0.5) is 0 Å². The summed E-state index contributed by atoms with van der Waals surface area (Å²) in [5.41, 5.74) is 0.0235. The molecule has 1 aromatic heterocycles. The molecule has 0 bridgehead atoms. The number of likely N-dealkylation sites (tertiary alicyclic amines) is 1. The number of nitrogens with zero attached hydrogens (tertiary/aromatic N) is 1. The standard InChI is InChI=1S/C14H19NO4S/c1-19-10-14(13(17)18)4-2-5-15(9-14)12(16)7-11-3-6-20-8-11/h3,6,8H,2,4-5,7,9-10H2,1H3,(H,17,18). The second-order valence-electron chi connectivity index (χ2n) is 5.25. The maximum atomic E-state index is 12.3. The molecule has 0 aromatic carbocycles. The minimum Gasteiger partial charge on any atom is -0.481 e. The number of carboxylic acid groups (broad SMARTS) is 1. The van der Waals surface area contributed by atoms with Gasteiger partial charge in [-0.25, -0.2) is 0 Å². The molecule has 6 heteroatoms. The highest BCUT2D eigenvalue weighted by Gasteiger charge is 2.43. The van der Waals surface area contributed by atoms with E-state index in [0.29, 0.717) is 25.8 Å². The van der Waals surface area contributed by atoms with Crippen LogP contribution < -0.4 is 0 Å². The zero-order valence-electron chi connectivity index (χ0n) is 11.5. The first-order valence-corrected chi connectivity index (χ1v) is 7.53. The zero-order chi connectivity index (χ0) is 14.6. The number of ether oxygens (including phenoxy) is 1. The Balaban J connectivity index is 2.05. The highest BCUT2D eigenvalue weighted by atomic mass is 32.1. The first kappa shape index (κ1) is 15.0. The maximum Gasteiger partial charge on any atom is 0.313 e. The summed E-state index contributed by atoms with van der Waals surface area (Å²) in [6.45, 7) is 1.01. The lowest BCUT2D eigenvalue weighted by atomic mass is 9.80. The number of amides is 1. The molecule has 1 saturated heterocycles. The topological polar surface area (TPSA) is 66.8 Å². The summed E-state index contributed by atoms with van der Waals surface area (Å²) < 4.78 is 5.06. The van der Waals surface area contributed by atoms with Gasteiger partial charge in [-0.2, -0.15) is 11.3 Å². The molecule has 1 fully saturated rings. The number of rotatable bonds is 5. The van der Waals surface area contributed by atoms with E-state index in [-0.39, 0.29) is 19.1 Å². The van der Waals surface area contributed by atoms with Crippen molar-refractivity contribution >= 4 is 23.2 Å². The van der Waals surface area contributed by atoms with Crippen molar-refractivity contribution in [3.63, 3.8) is 0 Å². The number of carbonyl (C=O) groups excluding carboxylic acids is 1. The Labute approximate surface area is 122 Å². The van der Waals surface area contributed by atoms with Crippen LogP contribution in [0.25, 0.3) is 0 Å². The number of piperidine rings is 1. The fourth-order valence-corrected chi connectivity index (χ4v) is 3.32. The molecule has 1 N–H and O–H groups in total. The Kier molecular flexibility index (Phi) is 4.77. The van der Waals surface area contributed by atoms with Gasteiger partial charge >= 0.3 is 5.97 Å². The molecule has 2 rings (SSSR count). The van der Waals surface area contributed by atoms with E-state index >= 15 is 0 Å². The van der Waals surface area contributed by atoms with E-state index in [1.807, 2.05) is 16.8 Å². The molecule has 1 atom stereocenters. The highest BCUT2D eigenvalue weighted by Crippen LogP contribution is 2.31. The summed E-state index contributed by atoms with van der Waals surface area (Å²) in [6, 6.07) is 1.92. The minimum atomic E-state index is -0.961. The molecule has 1 unspecified atom stereocenters. The van der Waals surface area contributed by atoms with Gasteiger partial charge in [-0.3, -0.25) is 9.59 Å². The normalized spacial score (nSPS) is 22.8. The lowest BCUT2D eigenvalue weighted by Gasteiger charge is -2.39. The largest absolute Gasteiger partial charge is 0.481 e. The second kappa shape index (κ2) is 6.37. The Bertz CT molecular complexity index is 470.